The lowest BCUT2D eigenvalue weighted by Gasteiger charge is -2.25. The zero-order valence-electron chi connectivity index (χ0n) is 11.2. The summed E-state index contributed by atoms with van der Waals surface area (Å²) >= 11 is 0. The van der Waals surface area contributed by atoms with Gasteiger partial charge in [0.05, 0.1) is 11.6 Å². The van der Waals surface area contributed by atoms with Gasteiger partial charge in [-0.2, -0.15) is 0 Å². The predicted molar refractivity (Wildman–Crippen MR) is 73.1 cm³/mol. The van der Waals surface area contributed by atoms with E-state index in [0.717, 1.165) is 31.2 Å². The zero-order chi connectivity index (χ0) is 13.2. The maximum Gasteiger partial charge on any atom is 0.240 e. The molecular formula is C15H22N2O. The summed E-state index contributed by atoms with van der Waals surface area (Å²) in [5.74, 6) is -0.00393. The molecule has 1 atom stereocenters. The molecular weight excluding hydrogens is 224 g/mol. The van der Waals surface area contributed by atoms with Crippen molar-refractivity contribution < 1.29 is 4.79 Å². The normalized spacial score (nSPS) is 19.5. The van der Waals surface area contributed by atoms with Crippen molar-refractivity contribution in [2.45, 2.75) is 51.1 Å². The monoisotopic (exact) mass is 246 g/mol. The molecule has 98 valence electrons. The SMILES string of the molecule is Cc1ccccc1[C@@H](C)NC(=O)C1(N)CCCC1. The summed E-state index contributed by atoms with van der Waals surface area (Å²) in [7, 11) is 0. The largest absolute Gasteiger partial charge is 0.348 e. The number of rotatable bonds is 3. The molecule has 1 aliphatic rings. The van der Waals surface area contributed by atoms with Crippen LogP contribution in [0, 0.1) is 6.92 Å². The Bertz CT molecular complexity index is 436. The minimum atomic E-state index is -0.642. The Labute approximate surface area is 109 Å². The number of nitrogens with one attached hydrogen (secondary N) is 1. The third-order valence-corrected chi connectivity index (χ3v) is 3.95. The highest BCUT2D eigenvalue weighted by Crippen LogP contribution is 2.28. The molecule has 0 spiro atoms. The molecule has 1 amide bonds. The highest BCUT2D eigenvalue weighted by molar-refractivity contribution is 5.86. The molecule has 3 N–H and O–H groups in total. The molecule has 0 unspecified atom stereocenters. The van der Waals surface area contributed by atoms with Crippen LogP contribution in [-0.2, 0) is 4.79 Å². The van der Waals surface area contributed by atoms with Crippen LogP contribution < -0.4 is 11.1 Å². The van der Waals surface area contributed by atoms with E-state index in [-0.39, 0.29) is 11.9 Å². The summed E-state index contributed by atoms with van der Waals surface area (Å²) < 4.78 is 0. The zero-order valence-corrected chi connectivity index (χ0v) is 11.2. The van der Waals surface area contributed by atoms with E-state index in [0.29, 0.717) is 0 Å². The predicted octanol–water partition coefficient (Wildman–Crippen LogP) is 2.44. The lowest BCUT2D eigenvalue weighted by atomic mass is 9.96. The van der Waals surface area contributed by atoms with Crippen molar-refractivity contribution in [2.24, 2.45) is 5.73 Å². The van der Waals surface area contributed by atoms with Crippen LogP contribution in [-0.4, -0.2) is 11.4 Å². The molecule has 1 aromatic carbocycles. The average molecular weight is 246 g/mol. The van der Waals surface area contributed by atoms with Gasteiger partial charge in [-0.1, -0.05) is 37.1 Å². The Morgan fingerprint density at radius 1 is 1.33 bits per heavy atom. The van der Waals surface area contributed by atoms with E-state index in [1.165, 1.54) is 5.56 Å². The van der Waals surface area contributed by atoms with E-state index in [1.54, 1.807) is 0 Å². The van der Waals surface area contributed by atoms with Crippen molar-refractivity contribution in [3.05, 3.63) is 35.4 Å². The first-order valence-corrected chi connectivity index (χ1v) is 6.68. The van der Waals surface area contributed by atoms with Crippen LogP contribution in [0.2, 0.25) is 0 Å². The van der Waals surface area contributed by atoms with Gasteiger partial charge in [0, 0.05) is 0 Å². The van der Waals surface area contributed by atoms with Crippen molar-refractivity contribution in [1.82, 2.24) is 5.32 Å². The molecule has 1 aromatic rings. The first-order chi connectivity index (χ1) is 8.53. The first kappa shape index (κ1) is 13.1. The van der Waals surface area contributed by atoms with E-state index >= 15 is 0 Å². The van der Waals surface area contributed by atoms with Crippen molar-refractivity contribution in [3.63, 3.8) is 0 Å². The fraction of sp³-hybridized carbons (Fsp3) is 0.533. The third-order valence-electron chi connectivity index (χ3n) is 3.95. The number of amides is 1. The van der Waals surface area contributed by atoms with Crippen LogP contribution in [0.4, 0.5) is 0 Å². The topological polar surface area (TPSA) is 55.1 Å². The number of nitrogens with two attached hydrogens (primary N) is 1. The molecule has 0 aliphatic heterocycles. The van der Waals surface area contributed by atoms with E-state index in [1.807, 2.05) is 19.1 Å². The van der Waals surface area contributed by atoms with Gasteiger partial charge in [-0.25, -0.2) is 0 Å². The van der Waals surface area contributed by atoms with Crippen LogP contribution in [0.5, 0.6) is 0 Å². The van der Waals surface area contributed by atoms with Gasteiger partial charge in [0.25, 0.3) is 0 Å². The number of hydrogen-bond acceptors (Lipinski definition) is 2. The maximum atomic E-state index is 12.2. The summed E-state index contributed by atoms with van der Waals surface area (Å²) in [5.41, 5.74) is 7.87. The molecule has 0 heterocycles. The van der Waals surface area contributed by atoms with Crippen LogP contribution in [0.15, 0.2) is 24.3 Å². The highest BCUT2D eigenvalue weighted by Gasteiger charge is 2.37. The molecule has 1 aliphatic carbocycles. The Morgan fingerprint density at radius 2 is 1.94 bits per heavy atom. The van der Waals surface area contributed by atoms with Gasteiger partial charge < -0.3 is 11.1 Å². The van der Waals surface area contributed by atoms with E-state index < -0.39 is 5.54 Å². The van der Waals surface area contributed by atoms with Crippen LogP contribution in [0.1, 0.15) is 49.8 Å². The minimum absolute atomic E-state index is 0.00393. The summed E-state index contributed by atoms with van der Waals surface area (Å²) in [6, 6.07) is 8.14. The molecule has 18 heavy (non-hydrogen) atoms. The van der Waals surface area contributed by atoms with Gasteiger partial charge in [0.1, 0.15) is 0 Å². The van der Waals surface area contributed by atoms with Crippen LogP contribution in [0.3, 0.4) is 0 Å². The van der Waals surface area contributed by atoms with Crippen molar-refractivity contribution >= 4 is 5.91 Å². The van der Waals surface area contributed by atoms with Gasteiger partial charge in [-0.05, 0) is 37.8 Å². The minimum Gasteiger partial charge on any atom is -0.348 e. The highest BCUT2D eigenvalue weighted by atomic mass is 16.2. The molecule has 0 saturated heterocycles. The molecule has 0 radical (unpaired) electrons. The summed E-state index contributed by atoms with van der Waals surface area (Å²) in [6.45, 7) is 4.07. The van der Waals surface area contributed by atoms with Gasteiger partial charge in [0.15, 0.2) is 0 Å². The fourth-order valence-corrected chi connectivity index (χ4v) is 2.72. The molecule has 1 fully saturated rings. The lowest BCUT2D eigenvalue weighted by Crippen LogP contribution is -2.52. The van der Waals surface area contributed by atoms with Gasteiger partial charge in [-0.3, -0.25) is 4.79 Å². The number of carbonyl (C=O) groups excluding carboxylic acids is 1. The number of aryl methyl sites for hydroxylation is 1. The Hall–Kier alpha value is -1.35. The summed E-state index contributed by atoms with van der Waals surface area (Å²) in [5, 5.41) is 3.06. The quantitative estimate of drug-likeness (QED) is 0.860. The summed E-state index contributed by atoms with van der Waals surface area (Å²) in [6.07, 6.45) is 3.73. The standard InChI is InChI=1S/C15H22N2O/c1-11-7-3-4-8-13(11)12(2)17-14(18)15(16)9-5-6-10-15/h3-4,7-8,12H,5-6,9-10,16H2,1-2H3,(H,17,18)/t12-/m1/s1. The second-order valence-corrected chi connectivity index (χ2v) is 5.41. The van der Waals surface area contributed by atoms with Crippen LogP contribution >= 0.6 is 0 Å². The number of benzene rings is 1. The van der Waals surface area contributed by atoms with E-state index in [4.69, 9.17) is 5.73 Å². The van der Waals surface area contributed by atoms with Gasteiger partial charge in [0.2, 0.25) is 5.91 Å². The fourth-order valence-electron chi connectivity index (χ4n) is 2.72. The molecule has 3 nitrogen and oxygen atoms in total. The second kappa shape index (κ2) is 5.11. The van der Waals surface area contributed by atoms with Crippen molar-refractivity contribution in [3.8, 4) is 0 Å². The van der Waals surface area contributed by atoms with E-state index in [2.05, 4.69) is 24.4 Å². The molecule has 2 rings (SSSR count). The number of carbonyl (C=O) groups is 1. The molecule has 0 bridgehead atoms. The maximum absolute atomic E-state index is 12.2. The summed E-state index contributed by atoms with van der Waals surface area (Å²) in [4.78, 5) is 12.2. The molecule has 3 heteroatoms. The second-order valence-electron chi connectivity index (χ2n) is 5.41. The lowest BCUT2D eigenvalue weighted by molar-refractivity contribution is -0.126. The van der Waals surface area contributed by atoms with E-state index in [9.17, 15) is 4.79 Å². The van der Waals surface area contributed by atoms with Gasteiger partial charge >= 0.3 is 0 Å². The first-order valence-electron chi connectivity index (χ1n) is 6.68. The van der Waals surface area contributed by atoms with Crippen molar-refractivity contribution in [1.29, 1.82) is 0 Å². The number of hydrogen-bond donors (Lipinski definition) is 2. The molecule has 1 saturated carbocycles. The Morgan fingerprint density at radius 3 is 2.56 bits per heavy atom. The smallest absolute Gasteiger partial charge is 0.240 e. The Kier molecular flexibility index (Phi) is 3.71. The van der Waals surface area contributed by atoms with Crippen LogP contribution in [0.25, 0.3) is 0 Å². The molecule has 0 aromatic heterocycles. The third kappa shape index (κ3) is 2.56. The van der Waals surface area contributed by atoms with Gasteiger partial charge in [-0.15, -0.1) is 0 Å². The Balaban J connectivity index is 2.06. The van der Waals surface area contributed by atoms with Crippen molar-refractivity contribution in [2.75, 3.05) is 0 Å². The average Bonchev–Trinajstić information content (AvgIpc) is 2.78.